The minimum absolute atomic E-state index is 0.101. The zero-order valence-electron chi connectivity index (χ0n) is 16.8. The van der Waals surface area contributed by atoms with Crippen molar-refractivity contribution in [1.82, 2.24) is 25.1 Å². The van der Waals surface area contributed by atoms with Crippen LogP contribution in [0.15, 0.2) is 24.5 Å². The number of anilines is 1. The molecule has 3 aromatic rings. The van der Waals surface area contributed by atoms with Gasteiger partial charge in [-0.1, -0.05) is 22.9 Å². The van der Waals surface area contributed by atoms with Gasteiger partial charge in [0.1, 0.15) is 15.9 Å². The third kappa shape index (κ3) is 4.89. The highest BCUT2D eigenvalue weighted by Gasteiger charge is 2.20. The molecule has 0 unspecified atom stereocenters. The largest absolute Gasteiger partial charge is 0.494 e. The van der Waals surface area contributed by atoms with Gasteiger partial charge in [-0.2, -0.15) is 0 Å². The van der Waals surface area contributed by atoms with Crippen LogP contribution in [0.4, 0.5) is 5.13 Å². The van der Waals surface area contributed by atoms with Crippen LogP contribution in [0.1, 0.15) is 21.1 Å². The third-order valence-electron chi connectivity index (χ3n) is 4.12. The monoisotopic (exact) mass is 446 g/mol. The Hall–Kier alpha value is -3.11. The van der Waals surface area contributed by atoms with E-state index in [0.717, 1.165) is 17.0 Å². The van der Waals surface area contributed by atoms with Crippen LogP contribution < -0.4 is 10.1 Å². The molecule has 0 radical (unpaired) electrons. The Morgan fingerprint density at radius 3 is 2.63 bits per heavy atom. The van der Waals surface area contributed by atoms with Crippen LogP contribution in [0.2, 0.25) is 5.15 Å². The van der Waals surface area contributed by atoms with Crippen molar-refractivity contribution in [2.75, 3.05) is 26.5 Å². The molecule has 11 heteroatoms. The second-order valence-electron chi connectivity index (χ2n) is 6.50. The van der Waals surface area contributed by atoms with Crippen LogP contribution >= 0.6 is 22.9 Å². The number of carbonyl (C=O) groups is 2. The quantitative estimate of drug-likeness (QED) is 0.579. The summed E-state index contributed by atoms with van der Waals surface area (Å²) < 4.78 is 5.38. The van der Waals surface area contributed by atoms with Gasteiger partial charge >= 0.3 is 0 Å². The number of amides is 2. The van der Waals surface area contributed by atoms with E-state index in [1.54, 1.807) is 26.2 Å². The molecule has 3 aromatic heterocycles. The maximum Gasteiger partial charge on any atom is 0.259 e. The number of halogens is 1. The minimum Gasteiger partial charge on any atom is -0.494 e. The molecule has 0 atom stereocenters. The smallest absolute Gasteiger partial charge is 0.259 e. The molecule has 156 valence electrons. The van der Waals surface area contributed by atoms with E-state index in [1.807, 2.05) is 6.92 Å². The lowest BCUT2D eigenvalue weighted by molar-refractivity contribution is -0.127. The molecule has 0 saturated heterocycles. The van der Waals surface area contributed by atoms with Crippen molar-refractivity contribution in [3.63, 3.8) is 0 Å². The van der Waals surface area contributed by atoms with E-state index in [0.29, 0.717) is 27.4 Å². The molecular weight excluding hydrogens is 428 g/mol. The van der Waals surface area contributed by atoms with E-state index in [2.05, 4.69) is 25.5 Å². The van der Waals surface area contributed by atoms with E-state index >= 15 is 0 Å². The van der Waals surface area contributed by atoms with Crippen molar-refractivity contribution >= 4 is 39.9 Å². The standard InChI is InChI=1S/C19H19ClN6O3S/c1-10-5-11(12-6-15(20)22-9-14(12)29-4)13(8-21-10)18(28)23-19-25-24-16(30-19)7-17(27)26(2)3/h5-6,8-9H,7H2,1-4H3,(H,23,25,28). The first kappa shape index (κ1) is 21.6. The van der Waals surface area contributed by atoms with Gasteiger partial charge < -0.3 is 9.64 Å². The number of hydrogen-bond donors (Lipinski definition) is 1. The second-order valence-corrected chi connectivity index (χ2v) is 7.95. The molecule has 1 N–H and O–H groups in total. The fraction of sp³-hybridized carbons (Fsp3) is 0.263. The number of rotatable bonds is 6. The average Bonchev–Trinajstić information content (AvgIpc) is 3.14. The highest BCUT2D eigenvalue weighted by Crippen LogP contribution is 2.34. The van der Waals surface area contributed by atoms with E-state index in [1.165, 1.54) is 24.4 Å². The van der Waals surface area contributed by atoms with Crippen LogP contribution in [0.5, 0.6) is 5.75 Å². The van der Waals surface area contributed by atoms with Gasteiger partial charge in [0.15, 0.2) is 0 Å². The van der Waals surface area contributed by atoms with Gasteiger partial charge in [0, 0.05) is 37.1 Å². The van der Waals surface area contributed by atoms with E-state index < -0.39 is 5.91 Å². The van der Waals surface area contributed by atoms with Gasteiger partial charge in [0.25, 0.3) is 5.91 Å². The fourth-order valence-corrected chi connectivity index (χ4v) is 3.47. The number of nitrogens with zero attached hydrogens (tertiary/aromatic N) is 5. The topological polar surface area (TPSA) is 110 Å². The minimum atomic E-state index is -0.422. The predicted molar refractivity (Wildman–Crippen MR) is 114 cm³/mol. The van der Waals surface area contributed by atoms with Crippen LogP contribution in [0.25, 0.3) is 11.1 Å². The van der Waals surface area contributed by atoms with Crippen molar-refractivity contribution < 1.29 is 14.3 Å². The zero-order chi connectivity index (χ0) is 21.8. The first-order valence-electron chi connectivity index (χ1n) is 8.79. The number of aryl methyl sites for hydroxylation is 1. The van der Waals surface area contributed by atoms with Gasteiger partial charge in [0.2, 0.25) is 11.0 Å². The molecule has 30 heavy (non-hydrogen) atoms. The van der Waals surface area contributed by atoms with E-state index in [-0.39, 0.29) is 22.6 Å². The highest BCUT2D eigenvalue weighted by atomic mass is 35.5. The summed E-state index contributed by atoms with van der Waals surface area (Å²) >= 11 is 7.20. The summed E-state index contributed by atoms with van der Waals surface area (Å²) in [5.41, 5.74) is 2.23. The van der Waals surface area contributed by atoms with Gasteiger partial charge in [0.05, 0.1) is 25.3 Å². The lowest BCUT2D eigenvalue weighted by Crippen LogP contribution is -2.23. The number of likely N-dealkylation sites (N-methyl/N-ethyl adjacent to an activating group) is 1. The molecule has 0 saturated carbocycles. The molecule has 3 heterocycles. The number of aromatic nitrogens is 4. The molecule has 0 spiro atoms. The molecule has 0 aromatic carbocycles. The maximum absolute atomic E-state index is 13.0. The Morgan fingerprint density at radius 1 is 1.17 bits per heavy atom. The number of ether oxygens (including phenoxy) is 1. The van der Waals surface area contributed by atoms with Crippen molar-refractivity contribution in [2.45, 2.75) is 13.3 Å². The molecule has 2 amide bonds. The molecule has 0 bridgehead atoms. The van der Waals surface area contributed by atoms with Crippen LogP contribution in [-0.4, -0.2) is 58.1 Å². The van der Waals surface area contributed by atoms with Crippen molar-refractivity contribution in [2.24, 2.45) is 0 Å². The second kappa shape index (κ2) is 9.14. The first-order chi connectivity index (χ1) is 14.3. The maximum atomic E-state index is 13.0. The molecule has 0 fully saturated rings. The SMILES string of the molecule is COc1cnc(Cl)cc1-c1cc(C)ncc1C(=O)Nc1nnc(CC(=O)N(C)C)s1. The summed E-state index contributed by atoms with van der Waals surface area (Å²) in [7, 11) is 4.84. The Balaban J connectivity index is 1.90. The molecule has 0 aliphatic heterocycles. The van der Waals surface area contributed by atoms with Gasteiger partial charge in [-0.3, -0.25) is 19.9 Å². The molecule has 9 nitrogen and oxygen atoms in total. The molecule has 0 aliphatic rings. The summed E-state index contributed by atoms with van der Waals surface area (Å²) in [4.78, 5) is 34.5. The Labute approximate surface area is 182 Å². The van der Waals surface area contributed by atoms with E-state index in [9.17, 15) is 9.59 Å². The normalized spacial score (nSPS) is 10.6. The summed E-state index contributed by atoms with van der Waals surface area (Å²) in [6.45, 7) is 1.82. The molecular formula is C19H19ClN6O3S. The zero-order valence-corrected chi connectivity index (χ0v) is 18.3. The number of methoxy groups -OCH3 is 1. The summed E-state index contributed by atoms with van der Waals surface area (Å²) in [6, 6.07) is 3.40. The lowest BCUT2D eigenvalue weighted by Gasteiger charge is -2.13. The van der Waals surface area contributed by atoms with Crippen LogP contribution in [0, 0.1) is 6.92 Å². The van der Waals surface area contributed by atoms with Crippen molar-refractivity contribution in [1.29, 1.82) is 0 Å². The number of hydrogen-bond acceptors (Lipinski definition) is 8. The molecule has 0 aliphatic carbocycles. The summed E-state index contributed by atoms with van der Waals surface area (Å²) in [5, 5.41) is 11.7. The number of pyridine rings is 2. The van der Waals surface area contributed by atoms with Gasteiger partial charge in [-0.25, -0.2) is 4.98 Å². The predicted octanol–water partition coefficient (Wildman–Crippen LogP) is 2.85. The Bertz CT molecular complexity index is 1100. The van der Waals surface area contributed by atoms with Crippen LogP contribution in [0.3, 0.4) is 0 Å². The third-order valence-corrected chi connectivity index (χ3v) is 5.16. The average molecular weight is 447 g/mol. The number of carbonyl (C=O) groups excluding carboxylic acids is 2. The van der Waals surface area contributed by atoms with E-state index in [4.69, 9.17) is 16.3 Å². The lowest BCUT2D eigenvalue weighted by atomic mass is 10.0. The van der Waals surface area contributed by atoms with Crippen molar-refractivity contribution in [3.05, 3.63) is 45.9 Å². The summed E-state index contributed by atoms with van der Waals surface area (Å²) in [6.07, 6.45) is 3.09. The highest BCUT2D eigenvalue weighted by molar-refractivity contribution is 7.15. The van der Waals surface area contributed by atoms with Crippen molar-refractivity contribution in [3.8, 4) is 16.9 Å². The fourth-order valence-electron chi connectivity index (χ4n) is 2.58. The van der Waals surface area contributed by atoms with Gasteiger partial charge in [-0.15, -0.1) is 10.2 Å². The Morgan fingerprint density at radius 2 is 1.93 bits per heavy atom. The number of nitrogens with one attached hydrogen (secondary N) is 1. The Kier molecular flexibility index (Phi) is 6.58. The summed E-state index contributed by atoms with van der Waals surface area (Å²) in [5.74, 6) is -0.0516. The van der Waals surface area contributed by atoms with Crippen LogP contribution in [-0.2, 0) is 11.2 Å². The first-order valence-corrected chi connectivity index (χ1v) is 9.98. The molecule has 3 rings (SSSR count). The van der Waals surface area contributed by atoms with Gasteiger partial charge in [-0.05, 0) is 19.1 Å².